The van der Waals surface area contributed by atoms with Gasteiger partial charge >= 0.3 is 6.03 Å². The maximum Gasteiger partial charge on any atom is 0.319 e. The summed E-state index contributed by atoms with van der Waals surface area (Å²) in [5.41, 5.74) is 1.54. The molecule has 140 valence electrons. The normalized spacial score (nSPS) is 10.0. The second-order valence-electron chi connectivity index (χ2n) is 5.38. The van der Waals surface area contributed by atoms with Gasteiger partial charge < -0.3 is 29.6 Å². The van der Waals surface area contributed by atoms with Crippen molar-refractivity contribution in [2.24, 2.45) is 0 Å². The lowest BCUT2D eigenvalue weighted by Crippen LogP contribution is -2.30. The number of carbonyl (C=O) groups is 1. The average molecular weight is 360 g/mol. The molecular formula is C19H24N2O5. The second kappa shape index (κ2) is 9.41. The number of amides is 2. The van der Waals surface area contributed by atoms with Gasteiger partial charge in [-0.1, -0.05) is 12.1 Å². The highest BCUT2D eigenvalue weighted by Gasteiger charge is 2.10. The summed E-state index contributed by atoms with van der Waals surface area (Å²) in [5.74, 6) is 2.54. The van der Waals surface area contributed by atoms with Crippen LogP contribution >= 0.6 is 0 Å². The Balaban J connectivity index is 1.94. The molecule has 0 saturated heterocycles. The van der Waals surface area contributed by atoms with E-state index in [-0.39, 0.29) is 6.03 Å². The molecule has 0 atom stereocenters. The Hall–Kier alpha value is -3.09. The van der Waals surface area contributed by atoms with E-state index in [1.54, 1.807) is 46.6 Å². The van der Waals surface area contributed by atoms with Gasteiger partial charge in [-0.3, -0.25) is 0 Å². The standard InChI is InChI=1S/C19H24N2O5/c1-23-15-10-14(11-16(12-15)24-2)21-19(22)20-9-8-13-6-5-7-17(25-3)18(13)26-4/h5-7,10-12H,8-9H2,1-4H3,(H2,20,21,22). The van der Waals surface area contributed by atoms with Crippen LogP contribution in [0, 0.1) is 0 Å². The number of nitrogens with one attached hydrogen (secondary N) is 2. The zero-order valence-electron chi connectivity index (χ0n) is 15.4. The fourth-order valence-electron chi connectivity index (χ4n) is 2.52. The first kappa shape index (κ1) is 19.2. The van der Waals surface area contributed by atoms with Gasteiger partial charge in [-0.05, 0) is 18.1 Å². The average Bonchev–Trinajstić information content (AvgIpc) is 2.67. The number of urea groups is 1. The lowest BCUT2D eigenvalue weighted by Gasteiger charge is -2.13. The van der Waals surface area contributed by atoms with Crippen molar-refractivity contribution in [2.45, 2.75) is 6.42 Å². The number of hydrogen-bond acceptors (Lipinski definition) is 5. The highest BCUT2D eigenvalue weighted by molar-refractivity contribution is 5.89. The van der Waals surface area contributed by atoms with Crippen molar-refractivity contribution in [3.8, 4) is 23.0 Å². The molecule has 0 aliphatic rings. The number of methoxy groups -OCH3 is 4. The van der Waals surface area contributed by atoms with E-state index in [1.165, 1.54) is 0 Å². The summed E-state index contributed by atoms with van der Waals surface area (Å²) in [4.78, 5) is 12.1. The topological polar surface area (TPSA) is 78.1 Å². The van der Waals surface area contributed by atoms with Crippen LogP contribution in [0.15, 0.2) is 36.4 Å². The van der Waals surface area contributed by atoms with Crippen molar-refractivity contribution in [1.29, 1.82) is 0 Å². The van der Waals surface area contributed by atoms with E-state index >= 15 is 0 Å². The fraction of sp³-hybridized carbons (Fsp3) is 0.316. The number of benzene rings is 2. The van der Waals surface area contributed by atoms with E-state index in [1.807, 2.05) is 18.2 Å². The lowest BCUT2D eigenvalue weighted by molar-refractivity contribution is 0.252. The summed E-state index contributed by atoms with van der Waals surface area (Å²) < 4.78 is 21.0. The molecule has 2 aromatic rings. The van der Waals surface area contributed by atoms with E-state index in [4.69, 9.17) is 18.9 Å². The summed E-state index contributed by atoms with van der Waals surface area (Å²) in [6.45, 7) is 0.441. The van der Waals surface area contributed by atoms with Crippen LogP contribution in [0.3, 0.4) is 0 Å². The number of carbonyl (C=O) groups excluding carboxylic acids is 1. The van der Waals surface area contributed by atoms with E-state index in [9.17, 15) is 4.79 Å². The summed E-state index contributed by atoms with van der Waals surface area (Å²) in [6.07, 6.45) is 0.606. The van der Waals surface area contributed by atoms with Crippen LogP contribution < -0.4 is 29.6 Å². The Labute approximate surface area is 153 Å². The van der Waals surface area contributed by atoms with Gasteiger partial charge in [0.05, 0.1) is 28.4 Å². The zero-order valence-corrected chi connectivity index (χ0v) is 15.4. The first-order valence-corrected chi connectivity index (χ1v) is 8.09. The molecule has 0 spiro atoms. The molecule has 0 saturated carbocycles. The number of hydrogen-bond donors (Lipinski definition) is 2. The minimum Gasteiger partial charge on any atom is -0.497 e. The largest absolute Gasteiger partial charge is 0.497 e. The van der Waals surface area contributed by atoms with Gasteiger partial charge in [0.1, 0.15) is 11.5 Å². The number of para-hydroxylation sites is 1. The maximum absolute atomic E-state index is 12.1. The van der Waals surface area contributed by atoms with Crippen molar-refractivity contribution in [2.75, 3.05) is 40.3 Å². The van der Waals surface area contributed by atoms with E-state index < -0.39 is 0 Å². The number of ether oxygens (including phenoxy) is 4. The Morgan fingerprint density at radius 1 is 0.923 bits per heavy atom. The molecule has 26 heavy (non-hydrogen) atoms. The van der Waals surface area contributed by atoms with Gasteiger partial charge in [0, 0.05) is 30.4 Å². The third-order valence-corrected chi connectivity index (χ3v) is 3.77. The Kier molecular flexibility index (Phi) is 6.96. The summed E-state index contributed by atoms with van der Waals surface area (Å²) in [5, 5.41) is 5.58. The lowest BCUT2D eigenvalue weighted by atomic mass is 10.1. The maximum atomic E-state index is 12.1. The van der Waals surface area contributed by atoms with Crippen LogP contribution in [0.5, 0.6) is 23.0 Å². The Morgan fingerprint density at radius 2 is 1.62 bits per heavy atom. The van der Waals surface area contributed by atoms with Crippen molar-refractivity contribution < 1.29 is 23.7 Å². The highest BCUT2D eigenvalue weighted by atomic mass is 16.5. The molecule has 0 bridgehead atoms. The van der Waals surface area contributed by atoms with E-state index in [0.29, 0.717) is 41.7 Å². The third kappa shape index (κ3) is 4.95. The molecule has 7 heteroatoms. The van der Waals surface area contributed by atoms with Gasteiger partial charge in [-0.15, -0.1) is 0 Å². The predicted octanol–water partition coefficient (Wildman–Crippen LogP) is 3.09. The predicted molar refractivity (Wildman–Crippen MR) is 99.8 cm³/mol. The smallest absolute Gasteiger partial charge is 0.319 e. The van der Waals surface area contributed by atoms with Gasteiger partial charge in [0.2, 0.25) is 0 Å². The molecule has 0 fully saturated rings. The third-order valence-electron chi connectivity index (χ3n) is 3.77. The number of rotatable bonds is 8. The molecule has 2 rings (SSSR count). The minimum atomic E-state index is -0.317. The van der Waals surface area contributed by atoms with Crippen LogP contribution in [-0.2, 0) is 6.42 Å². The molecule has 0 heterocycles. The highest BCUT2D eigenvalue weighted by Crippen LogP contribution is 2.30. The summed E-state index contributed by atoms with van der Waals surface area (Å²) in [7, 11) is 6.30. The monoisotopic (exact) mass is 360 g/mol. The van der Waals surface area contributed by atoms with Crippen molar-refractivity contribution in [1.82, 2.24) is 5.32 Å². The van der Waals surface area contributed by atoms with Gasteiger partial charge in [-0.2, -0.15) is 0 Å². The molecule has 7 nitrogen and oxygen atoms in total. The molecular weight excluding hydrogens is 336 g/mol. The van der Waals surface area contributed by atoms with Crippen LogP contribution in [0.1, 0.15) is 5.56 Å². The van der Waals surface area contributed by atoms with Gasteiger partial charge in [0.15, 0.2) is 11.5 Å². The molecule has 2 N–H and O–H groups in total. The van der Waals surface area contributed by atoms with Crippen molar-refractivity contribution >= 4 is 11.7 Å². The first-order chi connectivity index (χ1) is 12.6. The minimum absolute atomic E-state index is 0.317. The molecule has 0 aliphatic heterocycles. The van der Waals surface area contributed by atoms with Crippen LogP contribution in [0.2, 0.25) is 0 Å². The molecule has 2 amide bonds. The van der Waals surface area contributed by atoms with Crippen molar-refractivity contribution in [3.63, 3.8) is 0 Å². The molecule has 0 radical (unpaired) electrons. The van der Waals surface area contributed by atoms with Gasteiger partial charge in [-0.25, -0.2) is 4.79 Å². The SMILES string of the molecule is COc1cc(NC(=O)NCCc2cccc(OC)c2OC)cc(OC)c1. The fourth-order valence-corrected chi connectivity index (χ4v) is 2.52. The molecule has 0 unspecified atom stereocenters. The quantitative estimate of drug-likeness (QED) is 0.756. The molecule has 0 aliphatic carbocycles. The molecule has 0 aromatic heterocycles. The summed E-state index contributed by atoms with van der Waals surface area (Å²) >= 11 is 0. The van der Waals surface area contributed by atoms with Crippen LogP contribution in [0.4, 0.5) is 10.5 Å². The number of anilines is 1. The zero-order chi connectivity index (χ0) is 18.9. The van der Waals surface area contributed by atoms with Crippen molar-refractivity contribution in [3.05, 3.63) is 42.0 Å². The van der Waals surface area contributed by atoms with E-state index in [2.05, 4.69) is 10.6 Å². The Bertz CT molecular complexity index is 726. The summed E-state index contributed by atoms with van der Waals surface area (Å²) in [6, 6.07) is 10.5. The van der Waals surface area contributed by atoms with Gasteiger partial charge in [0.25, 0.3) is 0 Å². The van der Waals surface area contributed by atoms with Crippen LogP contribution in [-0.4, -0.2) is 41.0 Å². The van der Waals surface area contributed by atoms with E-state index in [0.717, 1.165) is 5.56 Å². The molecule has 2 aromatic carbocycles. The first-order valence-electron chi connectivity index (χ1n) is 8.09. The Morgan fingerprint density at radius 3 is 2.19 bits per heavy atom. The van der Waals surface area contributed by atoms with Crippen LogP contribution in [0.25, 0.3) is 0 Å². The second-order valence-corrected chi connectivity index (χ2v) is 5.38.